The lowest BCUT2D eigenvalue weighted by atomic mass is 10.1. The fraction of sp³-hybridized carbons (Fsp3) is 0.500. The molecule has 154 valence electrons. The summed E-state index contributed by atoms with van der Waals surface area (Å²) in [6.07, 6.45) is 4.50. The van der Waals surface area contributed by atoms with Gasteiger partial charge in [0.25, 0.3) is 5.91 Å². The van der Waals surface area contributed by atoms with Gasteiger partial charge in [0.15, 0.2) is 17.2 Å². The quantitative estimate of drug-likeness (QED) is 0.602. The van der Waals surface area contributed by atoms with Crippen molar-refractivity contribution in [2.75, 3.05) is 19.7 Å². The van der Waals surface area contributed by atoms with Crippen LogP contribution >= 0.6 is 0 Å². The number of carbonyl (C=O) groups is 2. The average Bonchev–Trinajstić information content (AvgIpc) is 3.18. The third kappa shape index (κ3) is 5.23. The zero-order valence-electron chi connectivity index (χ0n) is 16.6. The number of benzene rings is 1. The Kier molecular flexibility index (Phi) is 5.94. The molecule has 29 heavy (non-hydrogen) atoms. The second-order valence-electron chi connectivity index (χ2n) is 7.84. The third-order valence-corrected chi connectivity index (χ3v) is 5.31. The first-order valence-corrected chi connectivity index (χ1v) is 10.2. The number of nitrogens with zero attached hydrogens (tertiary/aromatic N) is 2. The number of hydrogen-bond donors (Lipinski definition) is 0. The third-order valence-electron chi connectivity index (χ3n) is 5.31. The van der Waals surface area contributed by atoms with E-state index >= 15 is 0 Å². The van der Waals surface area contributed by atoms with E-state index in [1.807, 2.05) is 4.90 Å². The van der Waals surface area contributed by atoms with Crippen molar-refractivity contribution in [1.82, 2.24) is 10.1 Å². The first-order valence-electron chi connectivity index (χ1n) is 10.2. The summed E-state index contributed by atoms with van der Waals surface area (Å²) < 4.78 is 16.7. The van der Waals surface area contributed by atoms with Crippen LogP contribution in [0.2, 0.25) is 0 Å². The van der Waals surface area contributed by atoms with Crippen molar-refractivity contribution in [3.63, 3.8) is 0 Å². The van der Waals surface area contributed by atoms with Gasteiger partial charge in [0.05, 0.1) is 6.10 Å². The number of ether oxygens (including phenoxy) is 2. The summed E-state index contributed by atoms with van der Waals surface area (Å²) in [4.78, 5) is 26.3. The number of amides is 1. The molecule has 0 spiro atoms. The lowest BCUT2D eigenvalue weighted by Crippen LogP contribution is -2.39. The van der Waals surface area contributed by atoms with Crippen molar-refractivity contribution >= 4 is 11.7 Å². The molecule has 2 aliphatic rings. The maximum atomic E-state index is 13.0. The first-order chi connectivity index (χ1) is 14.1. The molecule has 4 rings (SSSR count). The first kappa shape index (κ1) is 19.6. The van der Waals surface area contributed by atoms with Gasteiger partial charge in [-0.15, -0.1) is 0 Å². The summed E-state index contributed by atoms with van der Waals surface area (Å²) >= 11 is 0. The second-order valence-corrected chi connectivity index (χ2v) is 7.84. The van der Waals surface area contributed by atoms with E-state index in [0.717, 1.165) is 26.0 Å². The normalized spacial score (nSPS) is 18.6. The highest BCUT2D eigenvalue weighted by Crippen LogP contribution is 2.30. The monoisotopic (exact) mass is 398 g/mol. The number of aromatic nitrogens is 1. The molecule has 1 aromatic heterocycles. The van der Waals surface area contributed by atoms with E-state index < -0.39 is 0 Å². The van der Waals surface area contributed by atoms with Gasteiger partial charge in [-0.3, -0.25) is 9.59 Å². The van der Waals surface area contributed by atoms with E-state index in [9.17, 15) is 9.59 Å². The SMILES string of the molecule is CC(=O)c1cccc(OCc2cc(C(=O)N(CC3CC3)C[C@H]3CCCO3)no2)c1. The van der Waals surface area contributed by atoms with Gasteiger partial charge in [0.2, 0.25) is 0 Å². The Hall–Kier alpha value is -2.67. The highest BCUT2D eigenvalue weighted by Gasteiger charge is 2.31. The van der Waals surface area contributed by atoms with E-state index in [1.54, 1.807) is 30.3 Å². The van der Waals surface area contributed by atoms with Crippen LogP contribution in [0.4, 0.5) is 0 Å². The maximum Gasteiger partial charge on any atom is 0.276 e. The van der Waals surface area contributed by atoms with Crippen LogP contribution in [0.15, 0.2) is 34.9 Å². The fourth-order valence-electron chi connectivity index (χ4n) is 3.49. The van der Waals surface area contributed by atoms with Crippen LogP contribution in [-0.4, -0.2) is 47.5 Å². The molecule has 7 heteroatoms. The largest absolute Gasteiger partial charge is 0.486 e. The van der Waals surface area contributed by atoms with E-state index in [-0.39, 0.29) is 24.4 Å². The van der Waals surface area contributed by atoms with Crippen LogP contribution in [0.25, 0.3) is 0 Å². The highest BCUT2D eigenvalue weighted by molar-refractivity contribution is 5.94. The van der Waals surface area contributed by atoms with Crippen LogP contribution in [0.5, 0.6) is 5.75 Å². The molecule has 1 atom stereocenters. The number of hydrogen-bond acceptors (Lipinski definition) is 6. The van der Waals surface area contributed by atoms with Crippen molar-refractivity contribution in [2.45, 2.75) is 45.3 Å². The summed E-state index contributed by atoms with van der Waals surface area (Å²) in [5.74, 6) is 1.47. The smallest absolute Gasteiger partial charge is 0.276 e. The van der Waals surface area contributed by atoms with Gasteiger partial charge < -0.3 is 18.9 Å². The van der Waals surface area contributed by atoms with Crippen LogP contribution in [0, 0.1) is 5.92 Å². The Bertz CT molecular complexity index is 868. The molecule has 2 aromatic rings. The van der Waals surface area contributed by atoms with Crippen LogP contribution < -0.4 is 4.74 Å². The highest BCUT2D eigenvalue weighted by atomic mass is 16.5. The molecular formula is C22H26N2O5. The molecular weight excluding hydrogens is 372 g/mol. The molecule has 1 aliphatic heterocycles. The molecule has 0 radical (unpaired) electrons. The number of rotatable bonds is 9. The predicted octanol–water partition coefficient (Wildman–Crippen LogP) is 3.49. The Morgan fingerprint density at radius 1 is 1.21 bits per heavy atom. The number of ketones is 1. The topological polar surface area (TPSA) is 81.9 Å². The van der Waals surface area contributed by atoms with Crippen molar-refractivity contribution in [2.24, 2.45) is 5.92 Å². The molecule has 2 heterocycles. The summed E-state index contributed by atoms with van der Waals surface area (Å²) in [5, 5.41) is 3.96. The van der Waals surface area contributed by atoms with Crippen molar-refractivity contribution in [1.29, 1.82) is 0 Å². The van der Waals surface area contributed by atoms with Crippen molar-refractivity contribution < 1.29 is 23.6 Å². The Morgan fingerprint density at radius 2 is 2.07 bits per heavy atom. The standard InChI is InChI=1S/C22H26N2O5/c1-15(25)17-4-2-5-18(10-17)28-14-20-11-21(23-29-20)22(26)24(12-16-7-8-16)13-19-6-3-9-27-19/h2,4-5,10-11,16,19H,3,6-9,12-14H2,1H3/t19-/m1/s1. The minimum Gasteiger partial charge on any atom is -0.486 e. The molecule has 1 aromatic carbocycles. The van der Waals surface area contributed by atoms with Crippen LogP contribution in [0.3, 0.4) is 0 Å². The maximum absolute atomic E-state index is 13.0. The number of Topliss-reactive ketones (excluding diaryl/α,β-unsaturated/α-hetero) is 1. The Balaban J connectivity index is 1.38. The Labute approximate surface area is 169 Å². The average molecular weight is 398 g/mol. The van der Waals surface area contributed by atoms with Crippen LogP contribution in [0.1, 0.15) is 59.2 Å². The zero-order valence-corrected chi connectivity index (χ0v) is 16.6. The summed E-state index contributed by atoms with van der Waals surface area (Å²) in [7, 11) is 0. The lowest BCUT2D eigenvalue weighted by molar-refractivity contribution is 0.0507. The molecule has 2 fully saturated rings. The summed E-state index contributed by atoms with van der Waals surface area (Å²) in [6.45, 7) is 3.76. The van der Waals surface area contributed by atoms with E-state index in [0.29, 0.717) is 35.2 Å². The summed E-state index contributed by atoms with van der Waals surface area (Å²) in [5.41, 5.74) is 0.875. The number of carbonyl (C=O) groups excluding carboxylic acids is 2. The molecule has 1 saturated heterocycles. The van der Waals surface area contributed by atoms with Crippen molar-refractivity contribution in [3.8, 4) is 5.75 Å². The molecule has 0 unspecified atom stereocenters. The Morgan fingerprint density at radius 3 is 2.79 bits per heavy atom. The molecule has 1 aliphatic carbocycles. The van der Waals surface area contributed by atoms with Gasteiger partial charge in [-0.05, 0) is 50.7 Å². The van der Waals surface area contributed by atoms with Gasteiger partial charge in [-0.25, -0.2) is 0 Å². The molecule has 0 bridgehead atoms. The van der Waals surface area contributed by atoms with E-state index in [2.05, 4.69) is 5.16 Å². The van der Waals surface area contributed by atoms with Crippen molar-refractivity contribution in [3.05, 3.63) is 47.3 Å². The molecule has 1 amide bonds. The fourth-order valence-corrected chi connectivity index (χ4v) is 3.49. The van der Waals surface area contributed by atoms with Crippen LogP contribution in [-0.2, 0) is 11.3 Å². The zero-order chi connectivity index (χ0) is 20.2. The summed E-state index contributed by atoms with van der Waals surface area (Å²) in [6, 6.07) is 8.59. The van der Waals surface area contributed by atoms with E-state index in [4.69, 9.17) is 14.0 Å². The molecule has 0 N–H and O–H groups in total. The van der Waals surface area contributed by atoms with Gasteiger partial charge >= 0.3 is 0 Å². The minimum atomic E-state index is -0.124. The van der Waals surface area contributed by atoms with Gasteiger partial charge in [-0.1, -0.05) is 17.3 Å². The molecule has 1 saturated carbocycles. The van der Waals surface area contributed by atoms with Gasteiger partial charge in [0.1, 0.15) is 12.4 Å². The predicted molar refractivity (Wildman–Crippen MR) is 105 cm³/mol. The molecule has 7 nitrogen and oxygen atoms in total. The minimum absolute atomic E-state index is 0.0232. The van der Waals surface area contributed by atoms with Gasteiger partial charge in [0, 0.05) is 31.3 Å². The lowest BCUT2D eigenvalue weighted by Gasteiger charge is -2.24. The van der Waals surface area contributed by atoms with Gasteiger partial charge in [-0.2, -0.15) is 0 Å². The second kappa shape index (κ2) is 8.78. The van der Waals surface area contributed by atoms with E-state index in [1.165, 1.54) is 19.8 Å².